The van der Waals surface area contributed by atoms with Crippen molar-refractivity contribution in [2.24, 2.45) is 0 Å². The molecule has 0 saturated carbocycles. The molecule has 1 aliphatic heterocycles. The maximum absolute atomic E-state index is 12.9. The molecule has 5 aromatic rings. The Morgan fingerprint density at radius 1 is 1.20 bits per heavy atom. The second-order valence-electron chi connectivity index (χ2n) is 7.47. The molecule has 1 unspecified atom stereocenters. The van der Waals surface area contributed by atoms with E-state index in [0.29, 0.717) is 23.5 Å². The van der Waals surface area contributed by atoms with E-state index in [2.05, 4.69) is 28.1 Å². The minimum absolute atomic E-state index is 0.113. The van der Waals surface area contributed by atoms with E-state index < -0.39 is 0 Å². The number of aromatic nitrogens is 3. The Morgan fingerprint density at radius 3 is 3.00 bits per heavy atom. The molecule has 1 N–H and O–H groups in total. The number of fused-ring (bicyclic) bond motifs is 2. The molecule has 0 spiro atoms. The fraction of sp³-hybridized carbons (Fsp3) is 0.227. The minimum atomic E-state index is -0.113. The number of rotatable bonds is 4. The largest absolute Gasteiger partial charge is 0.464 e. The third-order valence-electron chi connectivity index (χ3n) is 5.59. The first-order chi connectivity index (χ1) is 14.8. The molecule has 4 aromatic heterocycles. The van der Waals surface area contributed by atoms with Crippen LogP contribution in [0.4, 0.5) is 0 Å². The molecule has 6 rings (SSSR count). The third kappa shape index (κ3) is 2.99. The molecule has 0 radical (unpaired) electrons. The number of nitrogens with zero attached hydrogens (tertiary/aromatic N) is 3. The number of aromatic amines is 1. The number of benzene rings is 1. The van der Waals surface area contributed by atoms with E-state index in [-0.39, 0.29) is 11.6 Å². The zero-order chi connectivity index (χ0) is 20.1. The Hall–Kier alpha value is -2.81. The van der Waals surface area contributed by atoms with E-state index in [1.54, 1.807) is 17.6 Å². The number of hydrogen-bond acceptors (Lipinski definition) is 7. The fourth-order valence-corrected chi connectivity index (χ4v) is 6.29. The van der Waals surface area contributed by atoms with Crippen LogP contribution < -0.4 is 5.56 Å². The molecular weight excluding hydrogens is 416 g/mol. The summed E-state index contributed by atoms with van der Waals surface area (Å²) in [5.74, 6) is 1.39. The van der Waals surface area contributed by atoms with Crippen LogP contribution in [0.2, 0.25) is 0 Å². The summed E-state index contributed by atoms with van der Waals surface area (Å²) in [6.07, 6.45) is 3.81. The quantitative estimate of drug-likeness (QED) is 0.421. The van der Waals surface area contributed by atoms with E-state index in [9.17, 15) is 4.79 Å². The second kappa shape index (κ2) is 7.16. The van der Waals surface area contributed by atoms with Gasteiger partial charge in [0.2, 0.25) is 0 Å². The van der Waals surface area contributed by atoms with E-state index in [0.717, 1.165) is 40.3 Å². The van der Waals surface area contributed by atoms with Crippen LogP contribution in [-0.2, 0) is 6.54 Å². The summed E-state index contributed by atoms with van der Waals surface area (Å²) in [4.78, 5) is 28.6. The van der Waals surface area contributed by atoms with Gasteiger partial charge in [0.15, 0.2) is 0 Å². The molecule has 150 valence electrons. The molecule has 30 heavy (non-hydrogen) atoms. The van der Waals surface area contributed by atoms with Gasteiger partial charge in [-0.15, -0.1) is 22.7 Å². The van der Waals surface area contributed by atoms with Crippen molar-refractivity contribution in [1.82, 2.24) is 19.9 Å². The van der Waals surface area contributed by atoms with Gasteiger partial charge in [0.1, 0.15) is 21.4 Å². The molecule has 5 heterocycles. The molecular formula is C22H18N4O2S2. The maximum Gasteiger partial charge on any atom is 0.260 e. The van der Waals surface area contributed by atoms with Crippen molar-refractivity contribution in [1.29, 1.82) is 0 Å². The zero-order valence-electron chi connectivity index (χ0n) is 16.0. The number of para-hydroxylation sites is 1. The number of likely N-dealkylation sites (tertiary alicyclic amines) is 1. The summed E-state index contributed by atoms with van der Waals surface area (Å²) in [7, 11) is 0. The Balaban J connectivity index is 1.32. The molecule has 8 heteroatoms. The van der Waals surface area contributed by atoms with Crippen LogP contribution >= 0.6 is 22.7 Å². The molecule has 1 aliphatic rings. The monoisotopic (exact) mass is 434 g/mol. The van der Waals surface area contributed by atoms with Crippen LogP contribution in [-0.4, -0.2) is 26.4 Å². The van der Waals surface area contributed by atoms with Crippen molar-refractivity contribution in [2.45, 2.75) is 25.4 Å². The van der Waals surface area contributed by atoms with Crippen LogP contribution in [0, 0.1) is 0 Å². The molecule has 0 aliphatic carbocycles. The lowest BCUT2D eigenvalue weighted by atomic mass is 10.2. The topological polar surface area (TPSA) is 75.0 Å². The Kier molecular flexibility index (Phi) is 4.29. The maximum atomic E-state index is 12.9. The molecule has 1 fully saturated rings. The zero-order valence-corrected chi connectivity index (χ0v) is 17.6. The minimum Gasteiger partial charge on any atom is -0.464 e. The Bertz CT molecular complexity index is 1370. The lowest BCUT2D eigenvalue weighted by molar-refractivity contribution is 0.242. The number of hydrogen-bond donors (Lipinski definition) is 1. The Morgan fingerprint density at radius 2 is 2.13 bits per heavy atom. The predicted octanol–water partition coefficient (Wildman–Crippen LogP) is 5.19. The van der Waals surface area contributed by atoms with Gasteiger partial charge in [0.25, 0.3) is 5.56 Å². The van der Waals surface area contributed by atoms with Gasteiger partial charge < -0.3 is 9.40 Å². The van der Waals surface area contributed by atoms with Gasteiger partial charge in [0.05, 0.1) is 34.5 Å². The number of furan rings is 1. The van der Waals surface area contributed by atoms with Crippen LogP contribution in [0.15, 0.2) is 57.3 Å². The molecule has 1 saturated heterocycles. The highest BCUT2D eigenvalue weighted by molar-refractivity contribution is 7.18. The highest BCUT2D eigenvalue weighted by atomic mass is 32.1. The highest BCUT2D eigenvalue weighted by Crippen LogP contribution is 2.37. The molecule has 0 amide bonds. The first-order valence-electron chi connectivity index (χ1n) is 9.90. The van der Waals surface area contributed by atoms with E-state index in [1.807, 2.05) is 23.6 Å². The first-order valence-corrected chi connectivity index (χ1v) is 11.6. The average molecular weight is 435 g/mol. The van der Waals surface area contributed by atoms with Crippen molar-refractivity contribution >= 4 is 43.1 Å². The predicted molar refractivity (Wildman–Crippen MR) is 120 cm³/mol. The van der Waals surface area contributed by atoms with Gasteiger partial charge in [-0.2, -0.15) is 0 Å². The van der Waals surface area contributed by atoms with Crippen LogP contribution in [0.25, 0.3) is 31.8 Å². The van der Waals surface area contributed by atoms with Crippen molar-refractivity contribution < 1.29 is 4.42 Å². The molecule has 6 nitrogen and oxygen atoms in total. The van der Waals surface area contributed by atoms with Crippen molar-refractivity contribution in [3.63, 3.8) is 0 Å². The summed E-state index contributed by atoms with van der Waals surface area (Å²) < 4.78 is 6.70. The van der Waals surface area contributed by atoms with E-state index >= 15 is 0 Å². The molecule has 0 bridgehead atoms. The van der Waals surface area contributed by atoms with Crippen LogP contribution in [0.5, 0.6) is 0 Å². The fourth-order valence-electron chi connectivity index (χ4n) is 4.20. The number of thiazole rings is 1. The lowest BCUT2D eigenvalue weighted by Gasteiger charge is -2.21. The van der Waals surface area contributed by atoms with Gasteiger partial charge >= 0.3 is 0 Å². The van der Waals surface area contributed by atoms with Crippen molar-refractivity contribution in [3.8, 4) is 11.3 Å². The summed E-state index contributed by atoms with van der Waals surface area (Å²) in [5, 5.41) is 3.69. The summed E-state index contributed by atoms with van der Waals surface area (Å²) >= 11 is 3.24. The van der Waals surface area contributed by atoms with Crippen LogP contribution in [0.3, 0.4) is 0 Å². The average Bonchev–Trinajstić information content (AvgIpc) is 3.52. The number of thiophene rings is 1. The van der Waals surface area contributed by atoms with E-state index in [1.165, 1.54) is 16.0 Å². The van der Waals surface area contributed by atoms with Gasteiger partial charge in [-0.3, -0.25) is 9.69 Å². The lowest BCUT2D eigenvalue weighted by Crippen LogP contribution is -2.25. The number of nitrogens with one attached hydrogen (secondary N) is 1. The van der Waals surface area contributed by atoms with Gasteiger partial charge in [-0.1, -0.05) is 12.1 Å². The summed E-state index contributed by atoms with van der Waals surface area (Å²) in [6, 6.07) is 12.2. The SMILES string of the molecule is O=c1[nH]c(CN2CCCC2c2nc3ccccc3s2)nc2scc(-c3ccco3)c12. The van der Waals surface area contributed by atoms with Gasteiger partial charge in [0, 0.05) is 10.9 Å². The van der Waals surface area contributed by atoms with E-state index in [4.69, 9.17) is 14.4 Å². The van der Waals surface area contributed by atoms with Gasteiger partial charge in [-0.25, -0.2) is 9.97 Å². The number of H-pyrrole nitrogens is 1. The summed E-state index contributed by atoms with van der Waals surface area (Å²) in [6.45, 7) is 1.59. The van der Waals surface area contributed by atoms with Crippen molar-refractivity contribution in [2.75, 3.05) is 6.54 Å². The second-order valence-corrected chi connectivity index (χ2v) is 9.39. The molecule has 1 atom stereocenters. The highest BCUT2D eigenvalue weighted by Gasteiger charge is 2.29. The van der Waals surface area contributed by atoms with Crippen molar-refractivity contribution in [3.05, 3.63) is 69.2 Å². The normalized spacial score (nSPS) is 17.4. The smallest absolute Gasteiger partial charge is 0.260 e. The standard InChI is InChI=1S/C22H18N4O2S2/c27-20-19-13(16-7-4-10-28-16)12-29-22(19)25-18(24-20)11-26-9-3-6-15(26)21-23-14-5-1-2-8-17(14)30-21/h1-2,4-5,7-8,10,12,15H,3,6,9,11H2,(H,24,25,27). The molecule has 1 aromatic carbocycles. The van der Waals surface area contributed by atoms with Crippen LogP contribution in [0.1, 0.15) is 29.7 Å². The summed E-state index contributed by atoms with van der Waals surface area (Å²) in [5.41, 5.74) is 1.74. The third-order valence-corrected chi connectivity index (χ3v) is 7.60. The first kappa shape index (κ1) is 18.0. The Labute approximate surface area is 179 Å². The van der Waals surface area contributed by atoms with Gasteiger partial charge in [-0.05, 0) is 43.7 Å².